The summed E-state index contributed by atoms with van der Waals surface area (Å²) in [5.74, 6) is 0.385. The molecule has 0 fully saturated rings. The first-order chi connectivity index (χ1) is 10.1. The molecule has 0 saturated heterocycles. The molecule has 2 aromatic carbocycles. The summed E-state index contributed by atoms with van der Waals surface area (Å²) < 4.78 is 5.06. The van der Waals surface area contributed by atoms with Crippen molar-refractivity contribution < 1.29 is 14.6 Å². The van der Waals surface area contributed by atoms with Gasteiger partial charge in [0, 0.05) is 5.69 Å². The normalized spacial score (nSPS) is 11.8. The average molecular weight is 306 g/mol. The number of hydrogen-bond acceptors (Lipinski definition) is 3. The van der Waals surface area contributed by atoms with Crippen LogP contribution in [0.3, 0.4) is 0 Å². The summed E-state index contributed by atoms with van der Waals surface area (Å²) in [7, 11) is 1.58. The maximum Gasteiger partial charge on any atom is 0.246 e. The quantitative estimate of drug-likeness (QED) is 0.835. The lowest BCUT2D eigenvalue weighted by Crippen LogP contribution is -2.17. The van der Waals surface area contributed by atoms with Gasteiger partial charge in [0.15, 0.2) is 0 Å². The lowest BCUT2D eigenvalue weighted by molar-refractivity contribution is -0.116. The van der Waals surface area contributed by atoms with Crippen LogP contribution in [0.4, 0.5) is 5.69 Å². The molecule has 0 radical (unpaired) electrons. The zero-order valence-corrected chi connectivity index (χ0v) is 12.3. The number of nitrogens with one attached hydrogen (secondary N) is 1. The number of benzene rings is 2. The summed E-state index contributed by atoms with van der Waals surface area (Å²) in [6.45, 7) is -0.0769. The van der Waals surface area contributed by atoms with Crippen molar-refractivity contribution in [2.75, 3.05) is 12.4 Å². The minimum atomic E-state index is -0.798. The number of amides is 1. The van der Waals surface area contributed by atoms with Crippen LogP contribution < -0.4 is 10.1 Å². The monoisotopic (exact) mass is 305 g/mol. The van der Waals surface area contributed by atoms with E-state index >= 15 is 0 Å². The second-order valence-electron chi connectivity index (χ2n) is 4.48. The number of carbonyl (C=O) groups excluding carboxylic acids is 1. The molecule has 0 heterocycles. The molecule has 0 aliphatic carbocycles. The average Bonchev–Trinajstić information content (AvgIpc) is 2.54. The number of halogens is 1. The fraction of sp³-hybridized carbons (Fsp3) is 0.188. The third kappa shape index (κ3) is 3.97. The molecule has 1 unspecified atom stereocenters. The van der Waals surface area contributed by atoms with Crippen molar-refractivity contribution in [2.24, 2.45) is 0 Å². The predicted octanol–water partition coefficient (Wildman–Crippen LogP) is 3.11. The first kappa shape index (κ1) is 15.4. The highest BCUT2D eigenvalue weighted by atomic mass is 35.5. The molecule has 0 aromatic heterocycles. The van der Waals surface area contributed by atoms with Gasteiger partial charge in [-0.15, -0.1) is 11.6 Å². The van der Waals surface area contributed by atoms with Crippen molar-refractivity contribution >= 4 is 23.2 Å². The highest BCUT2D eigenvalue weighted by molar-refractivity contribution is 6.32. The zero-order chi connectivity index (χ0) is 15.2. The first-order valence-corrected chi connectivity index (χ1v) is 6.86. The Hall–Kier alpha value is -2.04. The standard InChI is InChI=1S/C16H16ClNO3/c1-21-14-7-5-12(6-8-14)15(17)16(20)18-13-4-2-3-11(9-13)10-19/h2-9,15,19H,10H2,1H3,(H,18,20). The van der Waals surface area contributed by atoms with Gasteiger partial charge in [-0.05, 0) is 35.4 Å². The largest absolute Gasteiger partial charge is 0.497 e. The van der Waals surface area contributed by atoms with Crippen molar-refractivity contribution in [1.29, 1.82) is 0 Å². The number of carbonyl (C=O) groups is 1. The SMILES string of the molecule is COc1ccc(C(Cl)C(=O)Nc2cccc(CO)c2)cc1. The molecule has 4 nitrogen and oxygen atoms in total. The molecule has 21 heavy (non-hydrogen) atoms. The first-order valence-electron chi connectivity index (χ1n) is 6.42. The van der Waals surface area contributed by atoms with Gasteiger partial charge in [-0.1, -0.05) is 24.3 Å². The Kier molecular flexibility index (Phi) is 5.20. The summed E-state index contributed by atoms with van der Waals surface area (Å²) in [5.41, 5.74) is 2.02. The molecule has 0 spiro atoms. The van der Waals surface area contributed by atoms with E-state index in [2.05, 4.69) is 5.32 Å². The Bertz CT molecular complexity index is 613. The molecule has 0 saturated carbocycles. The van der Waals surface area contributed by atoms with E-state index in [9.17, 15) is 4.79 Å². The second-order valence-corrected chi connectivity index (χ2v) is 4.92. The molecule has 1 amide bonds. The summed E-state index contributed by atoms with van der Waals surface area (Å²) in [6.07, 6.45) is 0. The molecule has 2 aromatic rings. The molecule has 5 heteroatoms. The molecule has 110 valence electrons. The number of alkyl halides is 1. The highest BCUT2D eigenvalue weighted by Crippen LogP contribution is 2.24. The molecule has 0 aliphatic heterocycles. The van der Waals surface area contributed by atoms with Crippen molar-refractivity contribution in [2.45, 2.75) is 12.0 Å². The number of anilines is 1. The number of aliphatic hydroxyl groups excluding tert-OH is 1. The van der Waals surface area contributed by atoms with Gasteiger partial charge in [0.1, 0.15) is 11.1 Å². The fourth-order valence-corrected chi connectivity index (χ4v) is 2.08. The van der Waals surface area contributed by atoms with Crippen LogP contribution >= 0.6 is 11.6 Å². The van der Waals surface area contributed by atoms with Crippen LogP contribution in [0.15, 0.2) is 48.5 Å². The van der Waals surface area contributed by atoms with Gasteiger partial charge >= 0.3 is 0 Å². The van der Waals surface area contributed by atoms with Crippen LogP contribution in [-0.4, -0.2) is 18.1 Å². The predicted molar refractivity (Wildman–Crippen MR) is 82.6 cm³/mol. The van der Waals surface area contributed by atoms with Crippen LogP contribution in [0.1, 0.15) is 16.5 Å². The number of hydrogen-bond donors (Lipinski definition) is 2. The van der Waals surface area contributed by atoms with Crippen molar-refractivity contribution in [3.63, 3.8) is 0 Å². The van der Waals surface area contributed by atoms with Crippen LogP contribution in [0.2, 0.25) is 0 Å². The van der Waals surface area contributed by atoms with E-state index < -0.39 is 5.38 Å². The number of rotatable bonds is 5. The molecule has 0 aliphatic rings. The Labute approximate surface area is 128 Å². The van der Waals surface area contributed by atoms with E-state index in [-0.39, 0.29) is 12.5 Å². The molecule has 0 bridgehead atoms. The van der Waals surface area contributed by atoms with Crippen LogP contribution in [-0.2, 0) is 11.4 Å². The van der Waals surface area contributed by atoms with Crippen molar-refractivity contribution in [3.05, 3.63) is 59.7 Å². The third-order valence-corrected chi connectivity index (χ3v) is 3.47. The lowest BCUT2D eigenvalue weighted by Gasteiger charge is -2.12. The van der Waals surface area contributed by atoms with Crippen LogP contribution in [0.5, 0.6) is 5.75 Å². The Balaban J connectivity index is 2.07. The molecular weight excluding hydrogens is 290 g/mol. The minimum Gasteiger partial charge on any atom is -0.497 e. The van der Waals surface area contributed by atoms with Gasteiger partial charge in [0.2, 0.25) is 5.91 Å². The summed E-state index contributed by atoms with van der Waals surface area (Å²) >= 11 is 6.17. The van der Waals surface area contributed by atoms with Gasteiger partial charge in [-0.2, -0.15) is 0 Å². The van der Waals surface area contributed by atoms with E-state index in [1.807, 2.05) is 0 Å². The fourth-order valence-electron chi connectivity index (χ4n) is 1.88. The van der Waals surface area contributed by atoms with Crippen LogP contribution in [0.25, 0.3) is 0 Å². The van der Waals surface area contributed by atoms with Gasteiger partial charge in [0.05, 0.1) is 13.7 Å². The van der Waals surface area contributed by atoms with Gasteiger partial charge in [-0.25, -0.2) is 0 Å². The van der Waals surface area contributed by atoms with E-state index in [0.717, 1.165) is 5.56 Å². The third-order valence-electron chi connectivity index (χ3n) is 3.02. The van der Waals surface area contributed by atoms with E-state index in [1.165, 1.54) is 0 Å². The Morgan fingerprint density at radius 1 is 1.29 bits per heavy atom. The maximum atomic E-state index is 12.1. The van der Waals surface area contributed by atoms with E-state index in [1.54, 1.807) is 55.6 Å². The van der Waals surface area contributed by atoms with Gasteiger partial charge in [-0.3, -0.25) is 4.79 Å². The summed E-state index contributed by atoms with van der Waals surface area (Å²) in [4.78, 5) is 12.1. The minimum absolute atomic E-state index is 0.0769. The zero-order valence-electron chi connectivity index (χ0n) is 11.5. The van der Waals surface area contributed by atoms with Crippen LogP contribution in [0, 0.1) is 0 Å². The molecule has 2 N–H and O–H groups in total. The molecule has 2 rings (SSSR count). The number of methoxy groups -OCH3 is 1. The number of ether oxygens (including phenoxy) is 1. The van der Waals surface area contributed by atoms with Gasteiger partial charge in [0.25, 0.3) is 0 Å². The maximum absolute atomic E-state index is 12.1. The smallest absolute Gasteiger partial charge is 0.246 e. The molecule has 1 atom stereocenters. The topological polar surface area (TPSA) is 58.6 Å². The second kappa shape index (κ2) is 7.11. The summed E-state index contributed by atoms with van der Waals surface area (Å²) in [5, 5.41) is 11.0. The van der Waals surface area contributed by atoms with E-state index in [4.69, 9.17) is 21.4 Å². The number of aliphatic hydroxyl groups is 1. The van der Waals surface area contributed by atoms with Crippen molar-refractivity contribution in [1.82, 2.24) is 0 Å². The van der Waals surface area contributed by atoms with E-state index in [0.29, 0.717) is 17.0 Å². The highest BCUT2D eigenvalue weighted by Gasteiger charge is 2.17. The lowest BCUT2D eigenvalue weighted by atomic mass is 10.1. The Morgan fingerprint density at radius 3 is 2.62 bits per heavy atom. The van der Waals surface area contributed by atoms with Gasteiger partial charge < -0.3 is 15.2 Å². The summed E-state index contributed by atoms with van der Waals surface area (Å²) in [6, 6.07) is 14.0. The van der Waals surface area contributed by atoms with Crippen molar-refractivity contribution in [3.8, 4) is 5.75 Å². The Morgan fingerprint density at radius 2 is 2.00 bits per heavy atom. The molecular formula is C16H16ClNO3.